The number of rotatable bonds is 6. The van der Waals surface area contributed by atoms with E-state index in [1.165, 1.54) is 47.5 Å². The average Bonchev–Trinajstić information content (AvgIpc) is 2.91. The van der Waals surface area contributed by atoms with Gasteiger partial charge in [-0.2, -0.15) is 0 Å². The minimum absolute atomic E-state index is 0.302. The summed E-state index contributed by atoms with van der Waals surface area (Å²) in [7, 11) is 0. The third kappa shape index (κ3) is 4.54. The Kier molecular flexibility index (Phi) is 5.77. The van der Waals surface area contributed by atoms with E-state index in [1.807, 2.05) is 11.8 Å². The molecule has 2 rings (SSSR count). The second kappa shape index (κ2) is 7.35. The van der Waals surface area contributed by atoms with Crippen molar-refractivity contribution >= 4 is 11.8 Å². The highest BCUT2D eigenvalue weighted by Gasteiger charge is 2.15. The third-order valence-corrected chi connectivity index (χ3v) is 5.62. The van der Waals surface area contributed by atoms with Crippen molar-refractivity contribution in [3.8, 4) is 0 Å². The van der Waals surface area contributed by atoms with E-state index in [9.17, 15) is 0 Å². The Labute approximate surface area is 122 Å². The van der Waals surface area contributed by atoms with Crippen LogP contribution in [0.5, 0.6) is 0 Å². The summed E-state index contributed by atoms with van der Waals surface area (Å²) < 4.78 is 0. The van der Waals surface area contributed by atoms with Crippen LogP contribution in [0.25, 0.3) is 0 Å². The van der Waals surface area contributed by atoms with Gasteiger partial charge in [0.15, 0.2) is 0 Å². The second-order valence-corrected chi connectivity index (χ2v) is 7.00. The quantitative estimate of drug-likeness (QED) is 0.772. The van der Waals surface area contributed by atoms with Crippen molar-refractivity contribution in [2.24, 2.45) is 11.7 Å². The van der Waals surface area contributed by atoms with Gasteiger partial charge in [0.25, 0.3) is 0 Å². The Bertz CT molecular complexity index is 396. The van der Waals surface area contributed by atoms with Gasteiger partial charge in [-0.25, -0.2) is 0 Å². The molecule has 1 aromatic carbocycles. The largest absolute Gasteiger partial charge is 0.327 e. The Morgan fingerprint density at radius 2 is 2.05 bits per heavy atom. The van der Waals surface area contributed by atoms with E-state index < -0.39 is 0 Å². The summed E-state index contributed by atoms with van der Waals surface area (Å²) in [6.07, 6.45) is 7.82. The number of hydrogen-bond donors (Lipinski definition) is 1. The predicted molar refractivity (Wildman–Crippen MR) is 85.8 cm³/mol. The molecule has 0 amide bonds. The fraction of sp³-hybridized carbons (Fsp3) is 0.647. The molecule has 2 N–H and O–H groups in total. The van der Waals surface area contributed by atoms with Crippen LogP contribution in [0.4, 0.5) is 0 Å². The van der Waals surface area contributed by atoms with Gasteiger partial charge < -0.3 is 5.73 Å². The van der Waals surface area contributed by atoms with Gasteiger partial charge in [0.1, 0.15) is 0 Å². The summed E-state index contributed by atoms with van der Waals surface area (Å²) in [5, 5.41) is 0. The summed E-state index contributed by atoms with van der Waals surface area (Å²) in [6.45, 7) is 4.39. The molecule has 0 bridgehead atoms. The maximum atomic E-state index is 6.03. The van der Waals surface area contributed by atoms with Crippen LogP contribution >= 0.6 is 11.8 Å². The van der Waals surface area contributed by atoms with Gasteiger partial charge in [0, 0.05) is 16.7 Å². The lowest BCUT2D eigenvalue weighted by atomic mass is 10.0. The van der Waals surface area contributed by atoms with Crippen LogP contribution in [-0.2, 0) is 6.42 Å². The third-order valence-electron chi connectivity index (χ3n) is 4.21. The molecule has 0 radical (unpaired) electrons. The SMILES string of the molecule is CCC(N)Cc1ccc(SCC2CCCC2)c(C)c1. The molecular formula is C17H27NS. The topological polar surface area (TPSA) is 26.0 Å². The predicted octanol–water partition coefficient (Wildman–Crippen LogP) is 4.56. The van der Waals surface area contributed by atoms with Crippen LogP contribution in [0.3, 0.4) is 0 Å². The first kappa shape index (κ1) is 14.9. The van der Waals surface area contributed by atoms with E-state index in [0.29, 0.717) is 6.04 Å². The maximum Gasteiger partial charge on any atom is 0.0101 e. The Morgan fingerprint density at radius 3 is 2.68 bits per heavy atom. The van der Waals surface area contributed by atoms with Gasteiger partial charge in [-0.15, -0.1) is 11.8 Å². The number of nitrogens with two attached hydrogens (primary N) is 1. The minimum atomic E-state index is 0.302. The molecule has 0 saturated heterocycles. The molecule has 106 valence electrons. The molecule has 1 saturated carbocycles. The zero-order valence-corrected chi connectivity index (χ0v) is 13.1. The second-order valence-electron chi connectivity index (χ2n) is 5.93. The molecule has 1 fully saturated rings. The van der Waals surface area contributed by atoms with Crippen molar-refractivity contribution in [2.45, 2.75) is 63.3 Å². The van der Waals surface area contributed by atoms with Gasteiger partial charge in [0.2, 0.25) is 0 Å². The van der Waals surface area contributed by atoms with Crippen molar-refractivity contribution in [3.63, 3.8) is 0 Å². The van der Waals surface area contributed by atoms with E-state index in [4.69, 9.17) is 5.73 Å². The normalized spacial score (nSPS) is 17.8. The summed E-state index contributed by atoms with van der Waals surface area (Å²) >= 11 is 2.05. The zero-order valence-electron chi connectivity index (χ0n) is 12.3. The molecule has 1 aromatic rings. The maximum absolute atomic E-state index is 6.03. The van der Waals surface area contributed by atoms with Gasteiger partial charge in [0.05, 0.1) is 0 Å². The Hall–Kier alpha value is -0.470. The highest BCUT2D eigenvalue weighted by Crippen LogP contribution is 2.32. The molecule has 1 aliphatic rings. The summed E-state index contributed by atoms with van der Waals surface area (Å²) in [4.78, 5) is 1.46. The molecule has 19 heavy (non-hydrogen) atoms. The monoisotopic (exact) mass is 277 g/mol. The average molecular weight is 277 g/mol. The standard InChI is InChI=1S/C17H27NS/c1-3-16(18)11-15-8-9-17(13(2)10-15)19-12-14-6-4-5-7-14/h8-10,14,16H,3-7,11-12,18H2,1-2H3. The van der Waals surface area contributed by atoms with E-state index >= 15 is 0 Å². The molecule has 1 unspecified atom stereocenters. The molecule has 0 spiro atoms. The van der Waals surface area contributed by atoms with Crippen molar-refractivity contribution < 1.29 is 0 Å². The smallest absolute Gasteiger partial charge is 0.0101 e. The van der Waals surface area contributed by atoms with Gasteiger partial charge in [-0.3, -0.25) is 0 Å². The number of benzene rings is 1. The van der Waals surface area contributed by atoms with Crippen molar-refractivity contribution in [3.05, 3.63) is 29.3 Å². The fourth-order valence-electron chi connectivity index (χ4n) is 2.83. The molecule has 2 heteroatoms. The fourth-order valence-corrected chi connectivity index (χ4v) is 4.03. The first-order valence-electron chi connectivity index (χ1n) is 7.67. The molecule has 0 aliphatic heterocycles. The molecular weight excluding hydrogens is 250 g/mol. The Balaban J connectivity index is 1.90. The first-order valence-corrected chi connectivity index (χ1v) is 8.65. The lowest BCUT2D eigenvalue weighted by Crippen LogP contribution is -2.21. The minimum Gasteiger partial charge on any atom is -0.327 e. The van der Waals surface area contributed by atoms with Crippen molar-refractivity contribution in [1.29, 1.82) is 0 Å². The van der Waals surface area contributed by atoms with Gasteiger partial charge in [-0.1, -0.05) is 31.9 Å². The van der Waals surface area contributed by atoms with E-state index in [1.54, 1.807) is 0 Å². The van der Waals surface area contributed by atoms with Crippen LogP contribution in [0, 0.1) is 12.8 Å². The van der Waals surface area contributed by atoms with Crippen LogP contribution < -0.4 is 5.73 Å². The summed E-state index contributed by atoms with van der Waals surface area (Å²) in [6, 6.07) is 7.19. The number of aryl methyl sites for hydroxylation is 1. The first-order chi connectivity index (χ1) is 9.19. The summed E-state index contributed by atoms with van der Waals surface area (Å²) in [5.41, 5.74) is 8.84. The van der Waals surface area contributed by atoms with E-state index in [0.717, 1.165) is 18.8 Å². The van der Waals surface area contributed by atoms with Crippen molar-refractivity contribution in [2.75, 3.05) is 5.75 Å². The lowest BCUT2D eigenvalue weighted by molar-refractivity contribution is 0.623. The molecule has 1 aliphatic carbocycles. The van der Waals surface area contributed by atoms with Gasteiger partial charge >= 0.3 is 0 Å². The summed E-state index contributed by atoms with van der Waals surface area (Å²) in [5.74, 6) is 2.26. The highest BCUT2D eigenvalue weighted by atomic mass is 32.2. The molecule has 0 aromatic heterocycles. The molecule has 0 heterocycles. The lowest BCUT2D eigenvalue weighted by Gasteiger charge is -2.13. The zero-order chi connectivity index (χ0) is 13.7. The number of hydrogen-bond acceptors (Lipinski definition) is 2. The van der Waals surface area contributed by atoms with Crippen LogP contribution in [0.15, 0.2) is 23.1 Å². The Morgan fingerprint density at radius 1 is 1.32 bits per heavy atom. The van der Waals surface area contributed by atoms with Crippen LogP contribution in [-0.4, -0.2) is 11.8 Å². The highest BCUT2D eigenvalue weighted by molar-refractivity contribution is 7.99. The van der Waals surface area contributed by atoms with Gasteiger partial charge in [-0.05, 0) is 55.7 Å². The molecule has 1 atom stereocenters. The number of thioether (sulfide) groups is 1. The van der Waals surface area contributed by atoms with E-state index in [2.05, 4.69) is 32.0 Å². The van der Waals surface area contributed by atoms with Crippen LogP contribution in [0.1, 0.15) is 50.2 Å². The molecule has 1 nitrogen and oxygen atoms in total. The van der Waals surface area contributed by atoms with Crippen molar-refractivity contribution in [1.82, 2.24) is 0 Å². The van der Waals surface area contributed by atoms with Crippen LogP contribution in [0.2, 0.25) is 0 Å². The van der Waals surface area contributed by atoms with E-state index in [-0.39, 0.29) is 0 Å².